The van der Waals surface area contributed by atoms with Gasteiger partial charge in [0, 0.05) is 51.3 Å². The highest BCUT2D eigenvalue weighted by molar-refractivity contribution is 14.0. The number of hydrogen-bond acceptors (Lipinski definition) is 6. The first-order valence-corrected chi connectivity index (χ1v) is 10.1. The number of anilines is 1. The van der Waals surface area contributed by atoms with Gasteiger partial charge >= 0.3 is 0 Å². The van der Waals surface area contributed by atoms with Crippen LogP contribution in [-0.2, 0) is 7.05 Å². The van der Waals surface area contributed by atoms with E-state index in [0.29, 0.717) is 11.2 Å². The average molecular weight is 504 g/mol. The Balaban J connectivity index is 0.00000261. The summed E-state index contributed by atoms with van der Waals surface area (Å²) >= 11 is 2.07. The summed E-state index contributed by atoms with van der Waals surface area (Å²) in [4.78, 5) is 15.4. The van der Waals surface area contributed by atoms with Gasteiger partial charge in [-0.1, -0.05) is 13.8 Å². The Labute approximate surface area is 182 Å². The number of thioether (sulfide) groups is 1. The van der Waals surface area contributed by atoms with Crippen molar-refractivity contribution in [3.8, 4) is 0 Å². The first kappa shape index (κ1) is 22.0. The summed E-state index contributed by atoms with van der Waals surface area (Å²) in [6.45, 7) is 8.20. The van der Waals surface area contributed by atoms with E-state index in [2.05, 4.69) is 61.2 Å². The van der Waals surface area contributed by atoms with Crippen molar-refractivity contribution in [3.05, 3.63) is 12.5 Å². The maximum Gasteiger partial charge on any atom is 0.193 e. The molecular weight excluding hydrogens is 475 g/mol. The van der Waals surface area contributed by atoms with Crippen molar-refractivity contribution >= 4 is 58.5 Å². The summed E-state index contributed by atoms with van der Waals surface area (Å²) in [6.07, 6.45) is 3.36. The van der Waals surface area contributed by atoms with Crippen LogP contribution < -0.4 is 10.6 Å². The molecule has 2 N–H and O–H groups in total. The molecule has 1 atom stereocenters. The third-order valence-electron chi connectivity index (χ3n) is 4.58. The van der Waals surface area contributed by atoms with Crippen molar-refractivity contribution in [3.63, 3.8) is 0 Å². The third-order valence-corrected chi connectivity index (χ3v) is 6.12. The minimum atomic E-state index is 0. The summed E-state index contributed by atoms with van der Waals surface area (Å²) in [5.74, 6) is 3.63. The molecule has 1 fully saturated rings. The molecule has 3 heterocycles. The van der Waals surface area contributed by atoms with E-state index in [-0.39, 0.29) is 24.0 Å². The van der Waals surface area contributed by atoms with E-state index in [4.69, 9.17) is 0 Å². The largest absolute Gasteiger partial charge is 0.368 e. The van der Waals surface area contributed by atoms with Crippen LogP contribution in [0.4, 0.5) is 5.82 Å². The first-order valence-electron chi connectivity index (χ1n) is 9.04. The second kappa shape index (κ2) is 10.3. The molecule has 0 aromatic carbocycles. The van der Waals surface area contributed by atoms with Crippen LogP contribution >= 0.6 is 35.7 Å². The van der Waals surface area contributed by atoms with Gasteiger partial charge in [-0.15, -0.1) is 24.0 Å². The topological polar surface area (TPSA) is 83.3 Å². The second-order valence-corrected chi connectivity index (χ2v) is 8.07. The smallest absolute Gasteiger partial charge is 0.193 e. The molecule has 27 heavy (non-hydrogen) atoms. The molecular formula is C17H29IN8S. The van der Waals surface area contributed by atoms with Crippen LogP contribution in [0.2, 0.25) is 0 Å². The molecule has 0 bridgehead atoms. The van der Waals surface area contributed by atoms with Gasteiger partial charge in [0.2, 0.25) is 0 Å². The lowest BCUT2D eigenvalue weighted by molar-refractivity contribution is 0.381. The van der Waals surface area contributed by atoms with Crippen molar-refractivity contribution in [1.29, 1.82) is 0 Å². The van der Waals surface area contributed by atoms with Gasteiger partial charge in [-0.05, 0) is 5.92 Å². The highest BCUT2D eigenvalue weighted by atomic mass is 127. The minimum absolute atomic E-state index is 0. The number of hydrogen-bond donors (Lipinski definition) is 2. The fourth-order valence-corrected chi connectivity index (χ4v) is 4.36. The minimum Gasteiger partial charge on any atom is -0.368 e. The molecule has 0 spiro atoms. The SMILES string of the molecule is CN=C(NCCNc1ncnc2c1cnn2C)N1CCSC(C(C)C)C1.I. The molecule has 0 saturated carbocycles. The third kappa shape index (κ3) is 5.37. The van der Waals surface area contributed by atoms with E-state index in [0.717, 1.165) is 54.7 Å². The summed E-state index contributed by atoms with van der Waals surface area (Å²) in [6, 6.07) is 0. The Morgan fingerprint density at radius 3 is 2.93 bits per heavy atom. The van der Waals surface area contributed by atoms with Gasteiger partial charge in [0.15, 0.2) is 11.6 Å². The molecule has 150 valence electrons. The van der Waals surface area contributed by atoms with Crippen LogP contribution in [0.1, 0.15) is 13.8 Å². The zero-order valence-corrected chi connectivity index (χ0v) is 19.5. The standard InChI is InChI=1S/C17H28N8S.HI/c1-12(2)14-10-25(7-8-26-14)17(18-3)20-6-5-19-15-13-9-23-24(4)16(13)22-11-21-15;/h9,11-12,14H,5-8,10H2,1-4H3,(H,18,20)(H,19,21,22);1H. The molecule has 0 aliphatic carbocycles. The monoisotopic (exact) mass is 504 g/mol. The van der Waals surface area contributed by atoms with Crippen LogP contribution in [0.5, 0.6) is 0 Å². The summed E-state index contributed by atoms with van der Waals surface area (Å²) < 4.78 is 1.75. The average Bonchev–Trinajstić information content (AvgIpc) is 3.04. The number of aromatic nitrogens is 4. The Morgan fingerprint density at radius 2 is 2.19 bits per heavy atom. The molecule has 10 heteroatoms. The Kier molecular flexibility index (Phi) is 8.39. The van der Waals surface area contributed by atoms with Gasteiger partial charge in [0.05, 0.1) is 11.6 Å². The molecule has 3 rings (SSSR count). The molecule has 2 aromatic rings. The van der Waals surface area contributed by atoms with E-state index < -0.39 is 0 Å². The Morgan fingerprint density at radius 1 is 1.37 bits per heavy atom. The van der Waals surface area contributed by atoms with Crippen LogP contribution in [0.15, 0.2) is 17.5 Å². The van der Waals surface area contributed by atoms with Crippen molar-refractivity contribution in [2.45, 2.75) is 19.1 Å². The quantitative estimate of drug-likeness (QED) is 0.279. The second-order valence-electron chi connectivity index (χ2n) is 6.73. The highest BCUT2D eigenvalue weighted by Crippen LogP contribution is 2.24. The number of guanidine groups is 1. The summed E-state index contributed by atoms with van der Waals surface area (Å²) in [5.41, 5.74) is 0.830. The van der Waals surface area contributed by atoms with Crippen LogP contribution in [0.25, 0.3) is 11.0 Å². The Bertz CT molecular complexity index is 762. The van der Waals surface area contributed by atoms with Gasteiger partial charge in [0.25, 0.3) is 0 Å². The van der Waals surface area contributed by atoms with Gasteiger partial charge in [0.1, 0.15) is 12.1 Å². The molecule has 1 unspecified atom stereocenters. The van der Waals surface area contributed by atoms with Gasteiger partial charge in [-0.3, -0.25) is 9.67 Å². The maximum atomic E-state index is 4.46. The van der Waals surface area contributed by atoms with E-state index >= 15 is 0 Å². The normalized spacial score (nSPS) is 17.9. The number of fused-ring (bicyclic) bond motifs is 1. The van der Waals surface area contributed by atoms with Gasteiger partial charge < -0.3 is 15.5 Å². The number of nitrogens with zero attached hydrogens (tertiary/aromatic N) is 6. The summed E-state index contributed by atoms with van der Waals surface area (Å²) in [5, 5.41) is 12.7. The number of halogens is 1. The zero-order valence-electron chi connectivity index (χ0n) is 16.3. The van der Waals surface area contributed by atoms with Gasteiger partial charge in [-0.25, -0.2) is 9.97 Å². The predicted molar refractivity (Wildman–Crippen MR) is 124 cm³/mol. The number of aryl methyl sites for hydroxylation is 1. The van der Waals surface area contributed by atoms with Crippen LogP contribution in [-0.4, -0.2) is 74.8 Å². The zero-order chi connectivity index (χ0) is 18.5. The van der Waals surface area contributed by atoms with E-state index in [1.807, 2.05) is 14.1 Å². The predicted octanol–water partition coefficient (Wildman–Crippen LogP) is 2.04. The van der Waals surface area contributed by atoms with Crippen molar-refractivity contribution in [2.75, 3.05) is 44.3 Å². The van der Waals surface area contributed by atoms with E-state index in [1.54, 1.807) is 17.2 Å². The lowest BCUT2D eigenvalue weighted by atomic mass is 10.1. The molecule has 1 aliphatic rings. The fraction of sp³-hybridized carbons (Fsp3) is 0.647. The van der Waals surface area contributed by atoms with Crippen molar-refractivity contribution < 1.29 is 0 Å². The highest BCUT2D eigenvalue weighted by Gasteiger charge is 2.24. The maximum absolute atomic E-state index is 4.46. The molecule has 0 radical (unpaired) electrons. The molecule has 1 saturated heterocycles. The van der Waals surface area contributed by atoms with Crippen LogP contribution in [0.3, 0.4) is 0 Å². The molecule has 0 amide bonds. The Hall–Kier alpha value is -1.30. The van der Waals surface area contributed by atoms with Crippen molar-refractivity contribution in [2.24, 2.45) is 18.0 Å². The van der Waals surface area contributed by atoms with E-state index in [1.165, 1.54) is 0 Å². The lowest BCUT2D eigenvalue weighted by Gasteiger charge is -2.36. The lowest BCUT2D eigenvalue weighted by Crippen LogP contribution is -2.49. The van der Waals surface area contributed by atoms with Crippen LogP contribution in [0, 0.1) is 5.92 Å². The summed E-state index contributed by atoms with van der Waals surface area (Å²) in [7, 11) is 3.73. The number of nitrogens with one attached hydrogen (secondary N) is 2. The molecule has 2 aromatic heterocycles. The number of rotatable bonds is 5. The molecule has 8 nitrogen and oxygen atoms in total. The first-order chi connectivity index (χ1) is 12.6. The van der Waals surface area contributed by atoms with Gasteiger partial charge in [-0.2, -0.15) is 16.9 Å². The van der Waals surface area contributed by atoms with E-state index in [9.17, 15) is 0 Å². The molecule has 1 aliphatic heterocycles. The fourth-order valence-electron chi connectivity index (χ4n) is 3.06. The number of aliphatic imine (C=N–C) groups is 1. The van der Waals surface area contributed by atoms with Crippen molar-refractivity contribution in [1.82, 2.24) is 30.0 Å².